The van der Waals surface area contributed by atoms with Gasteiger partial charge in [-0.15, -0.1) is 0 Å². The first-order valence-electron chi connectivity index (χ1n) is 7.03. The van der Waals surface area contributed by atoms with E-state index in [-0.39, 0.29) is 5.41 Å². The third-order valence-electron chi connectivity index (χ3n) is 5.58. The molecule has 1 saturated heterocycles. The van der Waals surface area contributed by atoms with Crippen molar-refractivity contribution in [2.45, 2.75) is 43.4 Å². The van der Waals surface area contributed by atoms with Gasteiger partial charge >= 0.3 is 0 Å². The van der Waals surface area contributed by atoms with Gasteiger partial charge in [0.2, 0.25) is 0 Å². The molecule has 0 saturated carbocycles. The second-order valence-electron chi connectivity index (χ2n) is 6.27. The summed E-state index contributed by atoms with van der Waals surface area (Å²) >= 11 is 0. The van der Waals surface area contributed by atoms with Crippen molar-refractivity contribution < 1.29 is 4.74 Å². The topological polar surface area (TPSA) is 21.3 Å². The minimum absolute atomic E-state index is 0.274. The average molecular weight is 239 g/mol. The minimum atomic E-state index is 0.274. The summed E-state index contributed by atoms with van der Waals surface area (Å²) in [4.78, 5) is 0. The van der Waals surface area contributed by atoms with Gasteiger partial charge in [0.1, 0.15) is 11.9 Å². The Morgan fingerprint density at radius 1 is 1.39 bits per heavy atom. The lowest BCUT2D eigenvalue weighted by Crippen LogP contribution is -2.55. The molecule has 1 N–H and O–H groups in total. The third-order valence-corrected chi connectivity index (χ3v) is 5.58. The molecule has 1 aromatic carbocycles. The number of ether oxygens (including phenoxy) is 1. The van der Waals surface area contributed by atoms with E-state index in [4.69, 9.17) is 4.74 Å². The van der Waals surface area contributed by atoms with E-state index in [9.17, 15) is 0 Å². The second kappa shape index (κ2) is 2.83. The molecule has 1 aromatic rings. The van der Waals surface area contributed by atoms with Crippen LogP contribution in [-0.4, -0.2) is 12.1 Å². The fraction of sp³-hybridized carbons (Fsp3) is 0.500. The molecule has 1 spiro atoms. The molecule has 3 unspecified atom stereocenters. The maximum absolute atomic E-state index is 6.27. The van der Waals surface area contributed by atoms with Crippen LogP contribution in [-0.2, 0) is 5.41 Å². The van der Waals surface area contributed by atoms with Crippen LogP contribution < -0.4 is 10.1 Å². The molecule has 0 aromatic heterocycles. The summed E-state index contributed by atoms with van der Waals surface area (Å²) in [5.41, 5.74) is 3.31. The first kappa shape index (κ1) is 9.62. The molecule has 18 heavy (non-hydrogen) atoms. The smallest absolute Gasteiger partial charge is 0.124 e. The predicted molar refractivity (Wildman–Crippen MR) is 69.7 cm³/mol. The van der Waals surface area contributed by atoms with E-state index in [1.54, 1.807) is 0 Å². The molecule has 0 amide bonds. The number of nitrogens with one attached hydrogen (secondary N) is 1. The Kier molecular flexibility index (Phi) is 1.51. The van der Waals surface area contributed by atoms with Gasteiger partial charge in [0.25, 0.3) is 0 Å². The molecule has 5 atom stereocenters. The summed E-state index contributed by atoms with van der Waals surface area (Å²) in [5, 5.41) is 3.80. The highest BCUT2D eigenvalue weighted by Crippen LogP contribution is 2.64. The second-order valence-corrected chi connectivity index (χ2v) is 6.27. The standard InChI is InChI=1S/C16H17NO/c1-9-11-5-3-7-14-16(11)8-12(17-9)10-4-2-6-13(18-14)15(10)16/h2-6,9,11-12,14,17H,7-8H2,1H3/t9-,11?,12?,14?,16-/m1/s1. The molecule has 2 aliphatic heterocycles. The van der Waals surface area contributed by atoms with Crippen molar-refractivity contribution in [1.29, 1.82) is 0 Å². The Labute approximate surface area is 107 Å². The van der Waals surface area contributed by atoms with Crippen LogP contribution in [0.1, 0.15) is 36.9 Å². The lowest BCUT2D eigenvalue weighted by Gasteiger charge is -2.47. The van der Waals surface area contributed by atoms with E-state index in [1.807, 2.05) is 0 Å². The van der Waals surface area contributed by atoms with Crippen molar-refractivity contribution in [3.63, 3.8) is 0 Å². The quantitative estimate of drug-likeness (QED) is 0.703. The van der Waals surface area contributed by atoms with Crippen molar-refractivity contribution in [2.75, 3.05) is 0 Å². The average Bonchev–Trinajstić information content (AvgIpc) is 2.83. The monoisotopic (exact) mass is 239 g/mol. The summed E-state index contributed by atoms with van der Waals surface area (Å²) in [6.07, 6.45) is 7.43. The van der Waals surface area contributed by atoms with E-state index in [1.165, 1.54) is 17.5 Å². The summed E-state index contributed by atoms with van der Waals surface area (Å²) < 4.78 is 6.27. The zero-order chi connectivity index (χ0) is 11.9. The van der Waals surface area contributed by atoms with Crippen LogP contribution in [0.4, 0.5) is 0 Å². The predicted octanol–water partition coefficient (Wildman–Crippen LogP) is 2.70. The maximum Gasteiger partial charge on any atom is 0.124 e. The van der Waals surface area contributed by atoms with Crippen molar-refractivity contribution in [3.05, 3.63) is 41.5 Å². The maximum atomic E-state index is 6.27. The van der Waals surface area contributed by atoms with Crippen LogP contribution in [0.25, 0.3) is 0 Å². The Hall–Kier alpha value is -1.28. The van der Waals surface area contributed by atoms with Crippen LogP contribution in [0.5, 0.6) is 5.75 Å². The molecule has 4 aliphatic rings. The number of fused-ring (bicyclic) bond motifs is 2. The van der Waals surface area contributed by atoms with Gasteiger partial charge in [-0.2, -0.15) is 0 Å². The lowest BCUT2D eigenvalue weighted by atomic mass is 9.61. The first-order chi connectivity index (χ1) is 8.80. The van der Waals surface area contributed by atoms with Gasteiger partial charge in [-0.3, -0.25) is 0 Å². The number of hydrogen-bond donors (Lipinski definition) is 1. The van der Waals surface area contributed by atoms with E-state index < -0.39 is 0 Å². The molecule has 5 rings (SSSR count). The molecule has 2 heterocycles. The Balaban J connectivity index is 1.87. The van der Waals surface area contributed by atoms with Crippen LogP contribution in [0.15, 0.2) is 30.4 Å². The van der Waals surface area contributed by atoms with Crippen LogP contribution in [0, 0.1) is 5.92 Å². The number of rotatable bonds is 0. The van der Waals surface area contributed by atoms with Gasteiger partial charge in [-0.25, -0.2) is 0 Å². The van der Waals surface area contributed by atoms with Crippen LogP contribution >= 0.6 is 0 Å². The zero-order valence-corrected chi connectivity index (χ0v) is 10.5. The van der Waals surface area contributed by atoms with Gasteiger partial charge < -0.3 is 10.1 Å². The van der Waals surface area contributed by atoms with E-state index in [2.05, 4.69) is 42.6 Å². The van der Waals surface area contributed by atoms with Gasteiger partial charge in [-0.05, 0) is 25.0 Å². The van der Waals surface area contributed by atoms with Crippen molar-refractivity contribution in [2.24, 2.45) is 5.92 Å². The van der Waals surface area contributed by atoms with Crippen molar-refractivity contribution >= 4 is 0 Å². The summed E-state index contributed by atoms with van der Waals surface area (Å²) in [6, 6.07) is 7.70. The molecule has 2 heteroatoms. The first-order valence-corrected chi connectivity index (χ1v) is 7.03. The Bertz CT molecular complexity index is 578. The molecular formula is C16H17NO. The Morgan fingerprint density at radius 3 is 3.28 bits per heavy atom. The van der Waals surface area contributed by atoms with Gasteiger partial charge in [0.05, 0.1) is 0 Å². The third kappa shape index (κ3) is 0.832. The number of hydrogen-bond acceptors (Lipinski definition) is 2. The zero-order valence-electron chi connectivity index (χ0n) is 10.5. The number of benzene rings is 1. The van der Waals surface area contributed by atoms with Crippen molar-refractivity contribution in [3.8, 4) is 5.75 Å². The van der Waals surface area contributed by atoms with Crippen LogP contribution in [0.3, 0.4) is 0 Å². The largest absolute Gasteiger partial charge is 0.489 e. The summed E-state index contributed by atoms with van der Waals surface area (Å²) in [5.74, 6) is 1.75. The van der Waals surface area contributed by atoms with Gasteiger partial charge in [-0.1, -0.05) is 24.3 Å². The van der Waals surface area contributed by atoms with E-state index >= 15 is 0 Å². The SMILES string of the molecule is C[C@H]1NC2C[C@]34c5c(cccc52)OC3CC=CC14. The Morgan fingerprint density at radius 2 is 2.33 bits per heavy atom. The fourth-order valence-electron chi connectivity index (χ4n) is 5.01. The van der Waals surface area contributed by atoms with E-state index in [0.717, 1.165) is 12.2 Å². The highest BCUT2D eigenvalue weighted by Gasteiger charge is 2.63. The fourth-order valence-corrected chi connectivity index (χ4v) is 5.01. The van der Waals surface area contributed by atoms with E-state index in [0.29, 0.717) is 24.1 Å². The van der Waals surface area contributed by atoms with Gasteiger partial charge in [0, 0.05) is 35.4 Å². The summed E-state index contributed by atoms with van der Waals surface area (Å²) in [7, 11) is 0. The highest BCUT2D eigenvalue weighted by atomic mass is 16.5. The van der Waals surface area contributed by atoms with Crippen LogP contribution in [0.2, 0.25) is 0 Å². The molecule has 2 aliphatic carbocycles. The minimum Gasteiger partial charge on any atom is -0.489 e. The number of piperidine rings is 1. The molecule has 1 fully saturated rings. The molecule has 2 bridgehead atoms. The molecular weight excluding hydrogens is 222 g/mol. The molecule has 0 radical (unpaired) electrons. The lowest BCUT2D eigenvalue weighted by molar-refractivity contribution is 0.0605. The van der Waals surface area contributed by atoms with Crippen molar-refractivity contribution in [1.82, 2.24) is 5.32 Å². The molecule has 92 valence electrons. The molecule has 2 nitrogen and oxygen atoms in total. The normalized spacial score (nSPS) is 45.8. The highest BCUT2D eigenvalue weighted by molar-refractivity contribution is 5.58. The van der Waals surface area contributed by atoms with Gasteiger partial charge in [0.15, 0.2) is 0 Å². The summed E-state index contributed by atoms with van der Waals surface area (Å²) in [6.45, 7) is 2.33.